The van der Waals surface area contributed by atoms with Crippen LogP contribution in [0.3, 0.4) is 0 Å². The molecule has 0 aliphatic heterocycles. The number of carbonyl (C=O) groups is 1. The minimum Gasteiger partial charge on any atom is -0.354 e. The van der Waals surface area contributed by atoms with Crippen molar-refractivity contribution in [2.24, 2.45) is 5.73 Å². The van der Waals surface area contributed by atoms with Gasteiger partial charge in [-0.05, 0) is 37.1 Å². The lowest BCUT2D eigenvalue weighted by Crippen LogP contribution is -2.39. The maximum absolute atomic E-state index is 11.2. The number of carbonyl (C=O) groups excluding carboxylic acids is 1. The Balaban J connectivity index is 0.00000256. The van der Waals surface area contributed by atoms with Gasteiger partial charge in [-0.25, -0.2) is 0 Å². The van der Waals surface area contributed by atoms with E-state index in [1.54, 1.807) is 6.92 Å². The highest BCUT2D eigenvalue weighted by Crippen LogP contribution is 2.21. The molecule has 0 saturated carbocycles. The maximum atomic E-state index is 11.2. The molecule has 0 spiro atoms. The molecule has 17 heavy (non-hydrogen) atoms. The molecule has 0 aliphatic carbocycles. The number of amides is 1. The molecule has 6 heteroatoms. The molecule has 0 bridgehead atoms. The van der Waals surface area contributed by atoms with Crippen LogP contribution in [0.2, 0.25) is 5.02 Å². The predicted octanol–water partition coefficient (Wildman–Crippen LogP) is 2.53. The van der Waals surface area contributed by atoms with Crippen molar-refractivity contribution in [1.82, 2.24) is 5.32 Å². The van der Waals surface area contributed by atoms with Crippen LogP contribution in [0.15, 0.2) is 22.7 Å². The van der Waals surface area contributed by atoms with E-state index in [1.807, 2.05) is 18.2 Å². The summed E-state index contributed by atoms with van der Waals surface area (Å²) in [5.74, 6) is -0.141. The molecular weight excluding hydrogens is 327 g/mol. The zero-order chi connectivity index (χ0) is 12.1. The van der Waals surface area contributed by atoms with Gasteiger partial charge in [0.25, 0.3) is 0 Å². The van der Waals surface area contributed by atoms with E-state index in [4.69, 9.17) is 17.3 Å². The molecule has 1 aromatic rings. The van der Waals surface area contributed by atoms with Crippen molar-refractivity contribution >= 4 is 45.8 Å². The Kier molecular flexibility index (Phi) is 7.79. The first kappa shape index (κ1) is 16.7. The number of nitrogens with two attached hydrogens (primary N) is 1. The summed E-state index contributed by atoms with van der Waals surface area (Å²) in [6, 6.07) is 5.12. The first-order valence-electron chi connectivity index (χ1n) is 4.98. The van der Waals surface area contributed by atoms with E-state index in [1.165, 1.54) is 0 Å². The average molecular weight is 342 g/mol. The SMILES string of the molecule is CC(N)C(=O)NCCc1cc(Cl)ccc1Br.Cl. The first-order chi connectivity index (χ1) is 7.50. The number of halogens is 3. The fourth-order valence-corrected chi connectivity index (χ4v) is 1.86. The summed E-state index contributed by atoms with van der Waals surface area (Å²) in [5, 5.41) is 3.44. The summed E-state index contributed by atoms with van der Waals surface area (Å²) in [6.45, 7) is 2.21. The third-order valence-corrected chi connectivity index (χ3v) is 3.12. The highest BCUT2D eigenvalue weighted by molar-refractivity contribution is 9.10. The van der Waals surface area contributed by atoms with Crippen LogP contribution in [0.1, 0.15) is 12.5 Å². The molecule has 3 nitrogen and oxygen atoms in total. The summed E-state index contributed by atoms with van der Waals surface area (Å²) in [6.07, 6.45) is 0.722. The van der Waals surface area contributed by atoms with Crippen LogP contribution in [-0.4, -0.2) is 18.5 Å². The Labute approximate surface area is 121 Å². The summed E-state index contributed by atoms with van der Waals surface area (Å²) in [4.78, 5) is 11.2. The third-order valence-electron chi connectivity index (χ3n) is 2.11. The molecule has 0 radical (unpaired) electrons. The third kappa shape index (κ3) is 5.73. The van der Waals surface area contributed by atoms with Crippen LogP contribution in [0.5, 0.6) is 0 Å². The zero-order valence-electron chi connectivity index (χ0n) is 9.37. The number of benzene rings is 1. The minimum absolute atomic E-state index is 0. The first-order valence-corrected chi connectivity index (χ1v) is 6.15. The lowest BCUT2D eigenvalue weighted by Gasteiger charge is -2.09. The summed E-state index contributed by atoms with van der Waals surface area (Å²) >= 11 is 9.31. The Morgan fingerprint density at radius 1 is 1.59 bits per heavy atom. The van der Waals surface area contributed by atoms with E-state index in [0.29, 0.717) is 11.6 Å². The van der Waals surface area contributed by atoms with Crippen LogP contribution < -0.4 is 11.1 Å². The van der Waals surface area contributed by atoms with Gasteiger partial charge in [0.2, 0.25) is 5.91 Å². The lowest BCUT2D eigenvalue weighted by molar-refractivity contribution is -0.121. The van der Waals surface area contributed by atoms with Gasteiger partial charge in [0.15, 0.2) is 0 Å². The average Bonchev–Trinajstić information content (AvgIpc) is 2.22. The molecule has 1 atom stereocenters. The molecule has 3 N–H and O–H groups in total. The van der Waals surface area contributed by atoms with Crippen LogP contribution in [0, 0.1) is 0 Å². The van der Waals surface area contributed by atoms with E-state index in [-0.39, 0.29) is 18.3 Å². The minimum atomic E-state index is -0.470. The highest BCUT2D eigenvalue weighted by atomic mass is 79.9. The molecule has 0 fully saturated rings. The quantitative estimate of drug-likeness (QED) is 0.884. The van der Waals surface area contributed by atoms with E-state index >= 15 is 0 Å². The van der Waals surface area contributed by atoms with Crippen molar-refractivity contribution in [2.75, 3.05) is 6.54 Å². The van der Waals surface area contributed by atoms with Crippen molar-refractivity contribution in [3.05, 3.63) is 33.3 Å². The van der Waals surface area contributed by atoms with Crippen LogP contribution in [0.25, 0.3) is 0 Å². The van der Waals surface area contributed by atoms with Gasteiger partial charge < -0.3 is 11.1 Å². The molecule has 0 heterocycles. The lowest BCUT2D eigenvalue weighted by atomic mass is 10.1. The van der Waals surface area contributed by atoms with Crippen LogP contribution in [0.4, 0.5) is 0 Å². The van der Waals surface area contributed by atoms with Crippen LogP contribution >= 0.6 is 39.9 Å². The van der Waals surface area contributed by atoms with Gasteiger partial charge >= 0.3 is 0 Å². The van der Waals surface area contributed by atoms with E-state index in [9.17, 15) is 4.79 Å². The second kappa shape index (κ2) is 7.93. The normalized spacial score (nSPS) is 11.5. The van der Waals surface area contributed by atoms with E-state index < -0.39 is 6.04 Å². The van der Waals surface area contributed by atoms with Gasteiger partial charge in [0, 0.05) is 16.0 Å². The van der Waals surface area contributed by atoms with Gasteiger partial charge in [0.05, 0.1) is 6.04 Å². The van der Waals surface area contributed by atoms with E-state index in [0.717, 1.165) is 16.5 Å². The Morgan fingerprint density at radius 3 is 2.82 bits per heavy atom. The Morgan fingerprint density at radius 2 is 2.24 bits per heavy atom. The summed E-state index contributed by atoms with van der Waals surface area (Å²) in [7, 11) is 0. The number of hydrogen-bond donors (Lipinski definition) is 2. The summed E-state index contributed by atoms with van der Waals surface area (Å²) in [5.41, 5.74) is 6.49. The molecule has 0 saturated heterocycles. The molecule has 1 aromatic carbocycles. The molecule has 0 aromatic heterocycles. The van der Waals surface area contributed by atoms with E-state index in [2.05, 4.69) is 21.2 Å². The van der Waals surface area contributed by atoms with Crippen LogP contribution in [-0.2, 0) is 11.2 Å². The zero-order valence-corrected chi connectivity index (χ0v) is 12.5. The fourth-order valence-electron chi connectivity index (χ4n) is 1.22. The molecule has 1 unspecified atom stereocenters. The number of nitrogens with one attached hydrogen (secondary N) is 1. The predicted molar refractivity (Wildman–Crippen MR) is 76.8 cm³/mol. The number of rotatable bonds is 4. The molecule has 96 valence electrons. The monoisotopic (exact) mass is 340 g/mol. The molecule has 0 aliphatic rings. The highest BCUT2D eigenvalue weighted by Gasteiger charge is 2.06. The van der Waals surface area contributed by atoms with Crippen molar-refractivity contribution in [3.8, 4) is 0 Å². The van der Waals surface area contributed by atoms with Gasteiger partial charge in [-0.3, -0.25) is 4.79 Å². The number of hydrogen-bond acceptors (Lipinski definition) is 2. The standard InChI is InChI=1S/C11H14BrClN2O.ClH/c1-7(14)11(16)15-5-4-8-6-9(13)2-3-10(8)12;/h2-3,6-7H,4-5,14H2,1H3,(H,15,16);1H. The van der Waals surface area contributed by atoms with Gasteiger partial charge in [-0.1, -0.05) is 27.5 Å². The van der Waals surface area contributed by atoms with Gasteiger partial charge in [0.1, 0.15) is 0 Å². The van der Waals surface area contributed by atoms with Crippen molar-refractivity contribution < 1.29 is 4.79 Å². The largest absolute Gasteiger partial charge is 0.354 e. The summed E-state index contributed by atoms with van der Waals surface area (Å²) < 4.78 is 0.993. The Bertz CT molecular complexity index is 386. The van der Waals surface area contributed by atoms with Crippen molar-refractivity contribution in [2.45, 2.75) is 19.4 Å². The van der Waals surface area contributed by atoms with Crippen molar-refractivity contribution in [3.63, 3.8) is 0 Å². The topological polar surface area (TPSA) is 55.1 Å². The second-order valence-electron chi connectivity index (χ2n) is 3.57. The smallest absolute Gasteiger partial charge is 0.236 e. The van der Waals surface area contributed by atoms with Crippen molar-refractivity contribution in [1.29, 1.82) is 0 Å². The molecular formula is C11H15BrCl2N2O. The fraction of sp³-hybridized carbons (Fsp3) is 0.364. The molecule has 1 rings (SSSR count). The van der Waals surface area contributed by atoms with Gasteiger partial charge in [-0.2, -0.15) is 0 Å². The maximum Gasteiger partial charge on any atom is 0.236 e. The Hall–Kier alpha value is -0.290. The second-order valence-corrected chi connectivity index (χ2v) is 4.86. The molecule has 1 amide bonds. The van der Waals surface area contributed by atoms with Gasteiger partial charge in [-0.15, -0.1) is 12.4 Å².